The van der Waals surface area contributed by atoms with Crippen LogP contribution in [-0.2, 0) is 0 Å². The monoisotopic (exact) mass is 199 g/mol. The number of hydrogen-bond acceptors (Lipinski definition) is 2. The van der Waals surface area contributed by atoms with Crippen molar-refractivity contribution in [1.82, 2.24) is 5.32 Å². The van der Waals surface area contributed by atoms with Crippen LogP contribution in [0.25, 0.3) is 0 Å². The van der Waals surface area contributed by atoms with Crippen molar-refractivity contribution in [3.8, 4) is 0 Å². The van der Waals surface area contributed by atoms with Gasteiger partial charge in [-0.2, -0.15) is 0 Å². The highest BCUT2D eigenvalue weighted by Gasteiger charge is 2.21. The van der Waals surface area contributed by atoms with E-state index in [-0.39, 0.29) is 5.54 Å². The van der Waals surface area contributed by atoms with Gasteiger partial charge in [-0.25, -0.2) is 0 Å². The van der Waals surface area contributed by atoms with Crippen LogP contribution in [0.5, 0.6) is 0 Å². The predicted octanol–water partition coefficient (Wildman–Crippen LogP) is 2.17. The minimum absolute atomic E-state index is 0.244. The minimum atomic E-state index is 0.244. The molecule has 0 spiro atoms. The van der Waals surface area contributed by atoms with Crippen molar-refractivity contribution in [1.29, 1.82) is 0 Å². The van der Waals surface area contributed by atoms with Crippen LogP contribution in [0, 0.1) is 11.8 Å². The zero-order valence-corrected chi connectivity index (χ0v) is 9.84. The summed E-state index contributed by atoms with van der Waals surface area (Å²) in [5.74, 6) is 1.41. The van der Waals surface area contributed by atoms with Gasteiger partial charge in [0.15, 0.2) is 0 Å². The van der Waals surface area contributed by atoms with Crippen molar-refractivity contribution in [3.05, 3.63) is 0 Å². The Balaban J connectivity index is 2.16. The summed E-state index contributed by atoms with van der Waals surface area (Å²) in [6.07, 6.45) is 5.00. The molecule has 2 heteroatoms. The lowest BCUT2D eigenvalue weighted by molar-refractivity contribution is 0.163. The number of hydrogen-bond donors (Lipinski definition) is 2. The molecule has 2 N–H and O–H groups in total. The Kier molecular flexibility index (Phi) is 4.39. The van der Waals surface area contributed by atoms with Crippen molar-refractivity contribution in [3.63, 3.8) is 0 Å². The first-order chi connectivity index (χ1) is 6.51. The molecule has 1 fully saturated rings. The molecule has 0 aliphatic heterocycles. The normalized spacial score (nSPS) is 29.1. The van der Waals surface area contributed by atoms with Gasteiger partial charge in [0.2, 0.25) is 0 Å². The van der Waals surface area contributed by atoms with Gasteiger partial charge < -0.3 is 10.4 Å². The summed E-state index contributed by atoms with van der Waals surface area (Å²) in [6.45, 7) is 8.17. The molecule has 0 aromatic heterocycles. The molecule has 0 radical (unpaired) electrons. The van der Waals surface area contributed by atoms with Gasteiger partial charge in [0, 0.05) is 12.1 Å². The van der Waals surface area contributed by atoms with Crippen LogP contribution in [0.4, 0.5) is 0 Å². The largest absolute Gasteiger partial charge is 0.396 e. The predicted molar refractivity (Wildman–Crippen MR) is 60.3 cm³/mol. The van der Waals surface area contributed by atoms with Gasteiger partial charge in [-0.3, -0.25) is 0 Å². The molecule has 0 unspecified atom stereocenters. The number of nitrogens with one attached hydrogen (secondary N) is 1. The highest BCUT2D eigenvalue weighted by atomic mass is 16.3. The minimum Gasteiger partial charge on any atom is -0.396 e. The summed E-state index contributed by atoms with van der Waals surface area (Å²) >= 11 is 0. The first kappa shape index (κ1) is 12.0. The first-order valence-corrected chi connectivity index (χ1v) is 5.87. The molecule has 0 aromatic carbocycles. The van der Waals surface area contributed by atoms with Crippen molar-refractivity contribution in [2.75, 3.05) is 13.2 Å². The van der Waals surface area contributed by atoms with Crippen LogP contribution >= 0.6 is 0 Å². The van der Waals surface area contributed by atoms with Gasteiger partial charge in [0.25, 0.3) is 0 Å². The lowest BCUT2D eigenvalue weighted by Gasteiger charge is -2.30. The fourth-order valence-corrected chi connectivity index (χ4v) is 2.07. The van der Waals surface area contributed by atoms with E-state index in [4.69, 9.17) is 5.11 Å². The zero-order valence-electron chi connectivity index (χ0n) is 9.84. The van der Waals surface area contributed by atoms with Crippen LogP contribution in [0.15, 0.2) is 0 Å². The maximum Gasteiger partial charge on any atom is 0.0459 e. The molecule has 1 aliphatic carbocycles. The summed E-state index contributed by atoms with van der Waals surface area (Å²) in [5, 5.41) is 12.6. The maximum absolute atomic E-state index is 9.02. The molecule has 1 rings (SSSR count). The van der Waals surface area contributed by atoms with Crippen LogP contribution in [0.2, 0.25) is 0 Å². The Labute approximate surface area is 88.1 Å². The topological polar surface area (TPSA) is 32.3 Å². The van der Waals surface area contributed by atoms with E-state index in [0.717, 1.165) is 12.5 Å². The molecular weight excluding hydrogens is 174 g/mol. The van der Waals surface area contributed by atoms with E-state index in [1.165, 1.54) is 25.7 Å². The summed E-state index contributed by atoms with van der Waals surface area (Å²) in [6, 6.07) is 0. The second-order valence-electron chi connectivity index (χ2n) is 5.70. The Morgan fingerprint density at radius 1 is 1.07 bits per heavy atom. The third kappa shape index (κ3) is 4.43. The summed E-state index contributed by atoms with van der Waals surface area (Å²) in [4.78, 5) is 0. The number of aliphatic hydroxyl groups is 1. The van der Waals surface area contributed by atoms with E-state index in [1.54, 1.807) is 0 Å². The maximum atomic E-state index is 9.02. The quantitative estimate of drug-likeness (QED) is 0.730. The van der Waals surface area contributed by atoms with Gasteiger partial charge in [-0.1, -0.05) is 0 Å². The highest BCUT2D eigenvalue weighted by Crippen LogP contribution is 2.28. The first-order valence-electron chi connectivity index (χ1n) is 5.87. The average Bonchev–Trinajstić information content (AvgIpc) is 2.14. The lowest BCUT2D eigenvalue weighted by atomic mass is 9.82. The van der Waals surface area contributed by atoms with Gasteiger partial charge in [-0.05, 0) is 64.8 Å². The van der Waals surface area contributed by atoms with E-state index in [2.05, 4.69) is 26.1 Å². The molecule has 0 atom stereocenters. The second kappa shape index (κ2) is 5.13. The van der Waals surface area contributed by atoms with Gasteiger partial charge in [0.1, 0.15) is 0 Å². The van der Waals surface area contributed by atoms with E-state index in [0.29, 0.717) is 12.5 Å². The molecule has 1 saturated carbocycles. The van der Waals surface area contributed by atoms with Gasteiger partial charge >= 0.3 is 0 Å². The molecular formula is C12H25NO. The third-order valence-corrected chi connectivity index (χ3v) is 3.15. The van der Waals surface area contributed by atoms with Crippen LogP contribution in [0.1, 0.15) is 46.5 Å². The standard InChI is InChI=1S/C12H25NO/c1-12(2,3)13-8-10-4-6-11(9-14)7-5-10/h10-11,13-14H,4-9H2,1-3H3. The Bertz CT molecular complexity index is 154. The highest BCUT2D eigenvalue weighted by molar-refractivity contribution is 4.77. The summed E-state index contributed by atoms with van der Waals surface area (Å²) in [5.41, 5.74) is 0.244. The third-order valence-electron chi connectivity index (χ3n) is 3.15. The Morgan fingerprint density at radius 2 is 1.57 bits per heavy atom. The van der Waals surface area contributed by atoms with E-state index in [9.17, 15) is 0 Å². The smallest absolute Gasteiger partial charge is 0.0459 e. The number of aliphatic hydroxyl groups excluding tert-OH is 1. The molecule has 1 aliphatic rings. The number of rotatable bonds is 3. The molecule has 0 heterocycles. The molecule has 0 saturated heterocycles. The van der Waals surface area contributed by atoms with Crippen LogP contribution in [-0.4, -0.2) is 23.8 Å². The van der Waals surface area contributed by atoms with Crippen molar-refractivity contribution < 1.29 is 5.11 Å². The molecule has 0 aromatic rings. The van der Waals surface area contributed by atoms with Gasteiger partial charge in [0.05, 0.1) is 0 Å². The van der Waals surface area contributed by atoms with Crippen molar-refractivity contribution in [2.45, 2.75) is 52.0 Å². The van der Waals surface area contributed by atoms with E-state index < -0.39 is 0 Å². The summed E-state index contributed by atoms with van der Waals surface area (Å²) in [7, 11) is 0. The second-order valence-corrected chi connectivity index (χ2v) is 5.70. The van der Waals surface area contributed by atoms with Crippen molar-refractivity contribution in [2.24, 2.45) is 11.8 Å². The Hall–Kier alpha value is -0.0800. The molecule has 2 nitrogen and oxygen atoms in total. The fraction of sp³-hybridized carbons (Fsp3) is 1.00. The SMILES string of the molecule is CC(C)(C)NCC1CCC(CO)CC1. The summed E-state index contributed by atoms with van der Waals surface area (Å²) < 4.78 is 0. The molecule has 14 heavy (non-hydrogen) atoms. The van der Waals surface area contributed by atoms with E-state index in [1.807, 2.05) is 0 Å². The Morgan fingerprint density at radius 3 is 2.00 bits per heavy atom. The fourth-order valence-electron chi connectivity index (χ4n) is 2.07. The van der Waals surface area contributed by atoms with Crippen molar-refractivity contribution >= 4 is 0 Å². The average molecular weight is 199 g/mol. The molecule has 0 bridgehead atoms. The molecule has 0 amide bonds. The van der Waals surface area contributed by atoms with Gasteiger partial charge in [-0.15, -0.1) is 0 Å². The zero-order chi connectivity index (χ0) is 10.6. The van der Waals surface area contributed by atoms with Crippen LogP contribution < -0.4 is 5.32 Å². The lowest BCUT2D eigenvalue weighted by Crippen LogP contribution is -2.40. The molecule has 84 valence electrons. The van der Waals surface area contributed by atoms with Crippen LogP contribution in [0.3, 0.4) is 0 Å². The van der Waals surface area contributed by atoms with E-state index >= 15 is 0 Å².